The van der Waals surface area contributed by atoms with Gasteiger partial charge in [-0.25, -0.2) is 9.97 Å². The Morgan fingerprint density at radius 2 is 2.20 bits per heavy atom. The number of nitro groups is 1. The van der Waals surface area contributed by atoms with Gasteiger partial charge in [0.05, 0.1) is 23.4 Å². The van der Waals surface area contributed by atoms with Crippen molar-refractivity contribution < 1.29 is 4.92 Å². The van der Waals surface area contributed by atoms with Gasteiger partial charge in [-0.05, 0) is 6.92 Å². The van der Waals surface area contributed by atoms with E-state index < -0.39 is 4.92 Å². The van der Waals surface area contributed by atoms with Crippen molar-refractivity contribution in [3.8, 4) is 0 Å². The van der Waals surface area contributed by atoms with Crippen LogP contribution in [0.1, 0.15) is 6.92 Å². The molecule has 0 radical (unpaired) electrons. The van der Waals surface area contributed by atoms with Gasteiger partial charge in [0.1, 0.15) is 11.6 Å². The maximum atomic E-state index is 10.9. The zero-order valence-electron chi connectivity index (χ0n) is 11.3. The lowest BCUT2D eigenvalue weighted by Gasteiger charge is -2.15. The number of imidazole rings is 1. The number of rotatable bonds is 6. The normalized spacial score (nSPS) is 11.9. The predicted octanol–water partition coefficient (Wildman–Crippen LogP) is 1.73. The summed E-state index contributed by atoms with van der Waals surface area (Å²) >= 11 is 0. The molecule has 0 amide bonds. The van der Waals surface area contributed by atoms with Crippen LogP contribution in [0, 0.1) is 10.1 Å². The quantitative estimate of drug-likeness (QED) is 0.616. The van der Waals surface area contributed by atoms with E-state index in [-0.39, 0.29) is 11.7 Å². The number of nitrogens with one attached hydrogen (secondary N) is 2. The summed E-state index contributed by atoms with van der Waals surface area (Å²) in [6.07, 6.45) is 5.29. The van der Waals surface area contributed by atoms with Crippen LogP contribution < -0.4 is 10.6 Å². The Bertz CT molecular complexity index is 584. The van der Waals surface area contributed by atoms with E-state index in [1.807, 2.05) is 17.7 Å². The minimum Gasteiger partial charge on any atom is -0.373 e. The second-order valence-corrected chi connectivity index (χ2v) is 4.41. The van der Waals surface area contributed by atoms with Gasteiger partial charge in [0, 0.05) is 32.0 Å². The summed E-state index contributed by atoms with van der Waals surface area (Å²) in [4.78, 5) is 18.7. The summed E-state index contributed by atoms with van der Waals surface area (Å²) in [6.45, 7) is 2.67. The highest BCUT2D eigenvalue weighted by Gasteiger charge is 2.12. The maximum absolute atomic E-state index is 10.9. The van der Waals surface area contributed by atoms with E-state index in [1.165, 1.54) is 12.1 Å². The molecule has 2 aromatic rings. The zero-order valence-corrected chi connectivity index (χ0v) is 11.3. The van der Waals surface area contributed by atoms with Gasteiger partial charge >= 0.3 is 0 Å². The van der Waals surface area contributed by atoms with Crippen LogP contribution >= 0.6 is 0 Å². The molecule has 2 N–H and O–H groups in total. The Kier molecular flexibility index (Phi) is 4.14. The molecule has 0 saturated carbocycles. The first-order chi connectivity index (χ1) is 9.58. The van der Waals surface area contributed by atoms with Crippen molar-refractivity contribution in [1.82, 2.24) is 14.5 Å². The van der Waals surface area contributed by atoms with Gasteiger partial charge in [-0.1, -0.05) is 0 Å². The first-order valence-corrected chi connectivity index (χ1v) is 6.15. The Morgan fingerprint density at radius 3 is 2.80 bits per heavy atom. The molecule has 0 saturated heterocycles. The van der Waals surface area contributed by atoms with Gasteiger partial charge in [0.15, 0.2) is 0 Å². The van der Waals surface area contributed by atoms with E-state index in [0.717, 1.165) is 0 Å². The van der Waals surface area contributed by atoms with Crippen LogP contribution in [0.25, 0.3) is 0 Å². The molecule has 8 nitrogen and oxygen atoms in total. The highest BCUT2D eigenvalue weighted by Crippen LogP contribution is 2.20. The molecule has 1 unspecified atom stereocenters. The van der Waals surface area contributed by atoms with Crippen LogP contribution in [0.15, 0.2) is 30.9 Å². The summed E-state index contributed by atoms with van der Waals surface area (Å²) < 4.78 is 1.92. The first-order valence-electron chi connectivity index (χ1n) is 6.15. The van der Waals surface area contributed by atoms with E-state index in [9.17, 15) is 10.1 Å². The molecule has 0 aliphatic carbocycles. The highest BCUT2D eigenvalue weighted by molar-refractivity contribution is 5.54. The molecule has 8 heteroatoms. The van der Waals surface area contributed by atoms with E-state index in [0.29, 0.717) is 18.2 Å². The molecule has 2 aromatic heterocycles. The lowest BCUT2D eigenvalue weighted by molar-refractivity contribution is -0.384. The molecule has 0 aliphatic heterocycles. The van der Waals surface area contributed by atoms with E-state index >= 15 is 0 Å². The Morgan fingerprint density at radius 1 is 1.45 bits per heavy atom. The summed E-state index contributed by atoms with van der Waals surface area (Å²) in [5.74, 6) is 0.924. The van der Waals surface area contributed by atoms with Crippen molar-refractivity contribution in [3.05, 3.63) is 41.0 Å². The van der Waals surface area contributed by atoms with Gasteiger partial charge in [-0.15, -0.1) is 0 Å². The van der Waals surface area contributed by atoms with Crippen molar-refractivity contribution in [3.63, 3.8) is 0 Å². The first kappa shape index (κ1) is 13.8. The lowest BCUT2D eigenvalue weighted by atomic mass is 10.3. The Labute approximate surface area is 116 Å². The monoisotopic (exact) mass is 276 g/mol. The molecule has 2 heterocycles. The highest BCUT2D eigenvalue weighted by atomic mass is 16.6. The fraction of sp³-hybridized carbons (Fsp3) is 0.333. The molecular formula is C12H16N6O2. The summed E-state index contributed by atoms with van der Waals surface area (Å²) in [5, 5.41) is 16.8. The second kappa shape index (κ2) is 6.00. The van der Waals surface area contributed by atoms with Crippen molar-refractivity contribution >= 4 is 17.3 Å². The number of hydrogen-bond donors (Lipinski definition) is 2. The number of pyridine rings is 1. The van der Waals surface area contributed by atoms with E-state index in [4.69, 9.17) is 0 Å². The molecular weight excluding hydrogens is 260 g/mol. The van der Waals surface area contributed by atoms with Crippen LogP contribution in [-0.4, -0.2) is 32.5 Å². The molecule has 20 heavy (non-hydrogen) atoms. The molecule has 0 fully saturated rings. The van der Waals surface area contributed by atoms with Crippen LogP contribution in [0.2, 0.25) is 0 Å². The molecule has 106 valence electrons. The molecule has 0 spiro atoms. The zero-order chi connectivity index (χ0) is 14.5. The lowest BCUT2D eigenvalue weighted by Crippen LogP contribution is -2.22. The summed E-state index contributed by atoms with van der Waals surface area (Å²) in [7, 11) is 1.67. The smallest absolute Gasteiger partial charge is 0.276 e. The largest absolute Gasteiger partial charge is 0.373 e. The van der Waals surface area contributed by atoms with Crippen LogP contribution in [0.5, 0.6) is 0 Å². The number of aromatic nitrogens is 3. The minimum absolute atomic E-state index is 0.00156. The average Bonchev–Trinajstić information content (AvgIpc) is 2.90. The van der Waals surface area contributed by atoms with Gasteiger partial charge in [0.2, 0.25) is 0 Å². The Balaban J connectivity index is 2.11. The van der Waals surface area contributed by atoms with Gasteiger partial charge < -0.3 is 15.2 Å². The van der Waals surface area contributed by atoms with E-state index in [1.54, 1.807) is 19.6 Å². The van der Waals surface area contributed by atoms with Crippen LogP contribution in [0.4, 0.5) is 17.3 Å². The molecule has 1 atom stereocenters. The predicted molar refractivity (Wildman–Crippen MR) is 75.7 cm³/mol. The fourth-order valence-electron chi connectivity index (χ4n) is 1.83. The average molecular weight is 276 g/mol. The Hall–Kier alpha value is -2.64. The second-order valence-electron chi connectivity index (χ2n) is 4.41. The third-order valence-electron chi connectivity index (χ3n) is 2.72. The van der Waals surface area contributed by atoms with Gasteiger partial charge in [0.25, 0.3) is 5.69 Å². The molecule has 0 aliphatic rings. The SMILES string of the molecule is CNc1cc([N+](=O)[O-])cc(NC(C)Cn2ccnc2)n1. The third-order valence-corrected chi connectivity index (χ3v) is 2.72. The van der Waals surface area contributed by atoms with Crippen molar-refractivity contribution in [2.75, 3.05) is 17.7 Å². The van der Waals surface area contributed by atoms with Crippen LogP contribution in [-0.2, 0) is 6.54 Å². The summed E-state index contributed by atoms with van der Waals surface area (Å²) in [6, 6.07) is 2.88. The van der Waals surface area contributed by atoms with Crippen molar-refractivity contribution in [1.29, 1.82) is 0 Å². The standard InChI is InChI=1S/C12H16N6O2/c1-9(7-17-4-3-14-8-17)15-12-6-10(18(19)20)5-11(13-2)16-12/h3-6,8-9H,7H2,1-2H3,(H2,13,15,16). The van der Waals surface area contributed by atoms with Crippen molar-refractivity contribution in [2.45, 2.75) is 19.5 Å². The van der Waals surface area contributed by atoms with E-state index in [2.05, 4.69) is 20.6 Å². The van der Waals surface area contributed by atoms with Gasteiger partial charge in [-0.2, -0.15) is 0 Å². The minimum atomic E-state index is -0.436. The number of nitrogens with zero attached hydrogens (tertiary/aromatic N) is 4. The van der Waals surface area contributed by atoms with Crippen molar-refractivity contribution in [2.24, 2.45) is 0 Å². The molecule has 2 rings (SSSR count). The molecule has 0 bridgehead atoms. The number of hydrogen-bond acceptors (Lipinski definition) is 6. The summed E-state index contributed by atoms with van der Waals surface area (Å²) in [5.41, 5.74) is 0.00156. The third kappa shape index (κ3) is 3.44. The van der Waals surface area contributed by atoms with Crippen LogP contribution in [0.3, 0.4) is 0 Å². The maximum Gasteiger partial charge on any atom is 0.276 e. The fourth-order valence-corrected chi connectivity index (χ4v) is 1.83. The molecule has 0 aromatic carbocycles. The number of anilines is 2. The van der Waals surface area contributed by atoms with Gasteiger partial charge in [-0.3, -0.25) is 10.1 Å². The topological polar surface area (TPSA) is 97.9 Å².